The molecule has 0 heterocycles. The maximum atomic E-state index is 12.0. The molecule has 128 valence electrons. The van der Waals surface area contributed by atoms with Gasteiger partial charge in [-0.2, -0.15) is 0 Å². The third-order valence-electron chi connectivity index (χ3n) is 5.86. The monoisotopic (exact) mass is 326 g/mol. The van der Waals surface area contributed by atoms with Gasteiger partial charge in [-0.3, -0.25) is 4.79 Å². The molecular formula is C20H26N2O2. The average molecular weight is 326 g/mol. The summed E-state index contributed by atoms with van der Waals surface area (Å²) in [5, 5.41) is 6.87. The van der Waals surface area contributed by atoms with Crippen molar-refractivity contribution in [2.45, 2.75) is 40.5 Å². The first-order valence-electron chi connectivity index (χ1n) is 8.61. The van der Waals surface area contributed by atoms with Crippen molar-refractivity contribution in [3.63, 3.8) is 0 Å². The van der Waals surface area contributed by atoms with Gasteiger partial charge in [0, 0.05) is 5.69 Å². The molecule has 0 aliphatic heterocycles. The van der Waals surface area contributed by atoms with Crippen molar-refractivity contribution < 1.29 is 9.63 Å². The highest BCUT2D eigenvalue weighted by molar-refractivity contribution is 5.92. The molecule has 1 amide bonds. The molecule has 3 aliphatic carbocycles. The van der Waals surface area contributed by atoms with Crippen molar-refractivity contribution >= 4 is 17.8 Å². The highest BCUT2D eigenvalue weighted by atomic mass is 16.6. The van der Waals surface area contributed by atoms with Gasteiger partial charge in [0.05, 0.1) is 6.21 Å². The number of benzene rings is 1. The van der Waals surface area contributed by atoms with Gasteiger partial charge in [0.15, 0.2) is 6.61 Å². The van der Waals surface area contributed by atoms with Crippen molar-refractivity contribution in [3.05, 3.63) is 41.0 Å². The Morgan fingerprint density at radius 1 is 1.42 bits per heavy atom. The summed E-state index contributed by atoms with van der Waals surface area (Å²) in [7, 11) is 0. The third-order valence-corrected chi connectivity index (χ3v) is 5.86. The van der Waals surface area contributed by atoms with Gasteiger partial charge in [-0.1, -0.05) is 37.2 Å². The van der Waals surface area contributed by atoms with Gasteiger partial charge >= 0.3 is 0 Å². The van der Waals surface area contributed by atoms with Crippen LogP contribution in [0.3, 0.4) is 0 Å². The fraction of sp³-hybridized carbons (Fsp3) is 0.500. The van der Waals surface area contributed by atoms with Gasteiger partial charge < -0.3 is 10.2 Å². The lowest BCUT2D eigenvalue weighted by Crippen LogP contribution is -2.48. The topological polar surface area (TPSA) is 50.7 Å². The number of aryl methyl sites for hydroxylation is 1. The summed E-state index contributed by atoms with van der Waals surface area (Å²) in [4.78, 5) is 17.2. The highest BCUT2D eigenvalue weighted by Gasteiger charge is 2.50. The van der Waals surface area contributed by atoms with Crippen LogP contribution in [0, 0.1) is 31.1 Å². The van der Waals surface area contributed by atoms with Crippen LogP contribution in [-0.4, -0.2) is 18.7 Å². The molecule has 24 heavy (non-hydrogen) atoms. The molecule has 1 aromatic carbocycles. The fourth-order valence-corrected chi connectivity index (χ4v) is 3.81. The quantitative estimate of drug-likeness (QED) is 0.650. The second kappa shape index (κ2) is 6.42. The fourth-order valence-electron chi connectivity index (χ4n) is 3.81. The summed E-state index contributed by atoms with van der Waals surface area (Å²) < 4.78 is 0. The number of oxime groups is 1. The molecule has 1 fully saturated rings. The van der Waals surface area contributed by atoms with E-state index >= 15 is 0 Å². The van der Waals surface area contributed by atoms with E-state index in [1.165, 1.54) is 12.0 Å². The molecule has 1 N–H and O–H groups in total. The van der Waals surface area contributed by atoms with Crippen molar-refractivity contribution in [1.29, 1.82) is 0 Å². The molecule has 2 bridgehead atoms. The minimum Gasteiger partial charge on any atom is -0.386 e. The minimum absolute atomic E-state index is 0.0755. The number of carbonyl (C=O) groups excluding carboxylic acids is 1. The Labute approximate surface area is 144 Å². The Balaban J connectivity index is 1.49. The second-order valence-electron chi connectivity index (χ2n) is 7.55. The zero-order chi connectivity index (χ0) is 17.3. The first-order valence-corrected chi connectivity index (χ1v) is 8.61. The van der Waals surface area contributed by atoms with E-state index in [0.717, 1.165) is 29.2 Å². The molecule has 2 unspecified atom stereocenters. The zero-order valence-corrected chi connectivity index (χ0v) is 14.9. The maximum Gasteiger partial charge on any atom is 0.265 e. The van der Waals surface area contributed by atoms with Crippen molar-refractivity contribution in [3.8, 4) is 0 Å². The summed E-state index contributed by atoms with van der Waals surface area (Å²) >= 11 is 0. The van der Waals surface area contributed by atoms with Crippen molar-refractivity contribution in [1.82, 2.24) is 0 Å². The van der Waals surface area contributed by atoms with Gasteiger partial charge in [0.25, 0.3) is 5.91 Å². The molecule has 0 radical (unpaired) electrons. The van der Waals surface area contributed by atoms with E-state index in [1.54, 1.807) is 6.21 Å². The molecule has 2 atom stereocenters. The van der Waals surface area contributed by atoms with Crippen LogP contribution in [0.4, 0.5) is 5.69 Å². The van der Waals surface area contributed by atoms with Crippen LogP contribution in [0.25, 0.3) is 0 Å². The molecule has 0 spiro atoms. The van der Waals surface area contributed by atoms with Gasteiger partial charge in [0.1, 0.15) is 0 Å². The predicted molar refractivity (Wildman–Crippen MR) is 97.1 cm³/mol. The molecule has 0 aromatic heterocycles. The number of carbonyl (C=O) groups is 1. The standard InChI is InChI=1S/C20H26N2O2/c1-13-6-5-7-18(14(13)2)22-19(23)12-24-21-11-15-8-9-16-10-17(15)20(16,3)4/h5-8,11,16-17H,9-10,12H2,1-4H3,(H,22,23). The summed E-state index contributed by atoms with van der Waals surface area (Å²) in [5.41, 5.74) is 4.67. The van der Waals surface area contributed by atoms with Gasteiger partial charge in [-0.05, 0) is 66.7 Å². The van der Waals surface area contributed by atoms with Crippen molar-refractivity contribution in [2.75, 3.05) is 11.9 Å². The molecule has 1 aromatic rings. The summed E-state index contributed by atoms with van der Waals surface area (Å²) in [6.07, 6.45) is 6.41. The molecule has 4 heteroatoms. The molecule has 4 rings (SSSR count). The molecular weight excluding hydrogens is 300 g/mol. The minimum atomic E-state index is -0.192. The Hall–Kier alpha value is -2.10. The number of hydrogen-bond acceptors (Lipinski definition) is 3. The Morgan fingerprint density at radius 3 is 2.92 bits per heavy atom. The normalized spacial score (nSPS) is 24.2. The lowest BCUT2D eigenvalue weighted by molar-refractivity contribution is -0.120. The number of allylic oxidation sites excluding steroid dienone is 2. The summed E-state index contributed by atoms with van der Waals surface area (Å²) in [6.45, 7) is 8.59. The van der Waals surface area contributed by atoms with Gasteiger partial charge in [0.2, 0.25) is 0 Å². The van der Waals surface area contributed by atoms with Crippen LogP contribution in [0.5, 0.6) is 0 Å². The van der Waals surface area contributed by atoms with Crippen LogP contribution in [0.2, 0.25) is 0 Å². The number of rotatable bonds is 5. The molecule has 1 saturated carbocycles. The van der Waals surface area contributed by atoms with Crippen LogP contribution < -0.4 is 5.32 Å². The lowest BCUT2D eigenvalue weighted by atomic mass is 9.49. The second-order valence-corrected chi connectivity index (χ2v) is 7.55. The predicted octanol–water partition coefficient (Wildman–Crippen LogP) is 4.24. The molecule has 3 aliphatic rings. The van der Waals surface area contributed by atoms with E-state index in [1.807, 2.05) is 32.0 Å². The Kier molecular flexibility index (Phi) is 4.48. The van der Waals surface area contributed by atoms with E-state index in [4.69, 9.17) is 4.84 Å². The maximum absolute atomic E-state index is 12.0. The van der Waals surface area contributed by atoms with Crippen molar-refractivity contribution in [2.24, 2.45) is 22.4 Å². The van der Waals surface area contributed by atoms with E-state index in [9.17, 15) is 4.79 Å². The molecule has 0 saturated heterocycles. The summed E-state index contributed by atoms with van der Waals surface area (Å²) in [5.74, 6) is 1.19. The lowest BCUT2D eigenvalue weighted by Gasteiger charge is -2.55. The zero-order valence-electron chi connectivity index (χ0n) is 14.9. The van der Waals surface area contributed by atoms with E-state index in [-0.39, 0.29) is 12.5 Å². The number of anilines is 1. The average Bonchev–Trinajstić information content (AvgIpc) is 2.56. The first-order chi connectivity index (χ1) is 11.4. The van der Waals surface area contributed by atoms with Gasteiger partial charge in [-0.15, -0.1) is 0 Å². The van der Waals surface area contributed by atoms with E-state index < -0.39 is 0 Å². The largest absolute Gasteiger partial charge is 0.386 e. The van der Waals surface area contributed by atoms with Crippen LogP contribution >= 0.6 is 0 Å². The number of nitrogens with zero attached hydrogens (tertiary/aromatic N) is 1. The Morgan fingerprint density at radius 2 is 2.21 bits per heavy atom. The summed E-state index contributed by atoms with van der Waals surface area (Å²) in [6, 6.07) is 5.85. The van der Waals surface area contributed by atoms with E-state index in [0.29, 0.717) is 11.3 Å². The highest BCUT2D eigenvalue weighted by Crippen LogP contribution is 2.58. The van der Waals surface area contributed by atoms with E-state index in [2.05, 4.69) is 30.4 Å². The number of fused-ring (bicyclic) bond motifs is 1. The third kappa shape index (κ3) is 3.10. The van der Waals surface area contributed by atoms with Crippen LogP contribution in [-0.2, 0) is 9.63 Å². The molecule has 4 nitrogen and oxygen atoms in total. The van der Waals surface area contributed by atoms with Crippen LogP contribution in [0.15, 0.2) is 35.0 Å². The number of amides is 1. The Bertz CT molecular complexity index is 704. The first kappa shape index (κ1) is 16.7. The van der Waals surface area contributed by atoms with Crippen LogP contribution in [0.1, 0.15) is 37.8 Å². The van der Waals surface area contributed by atoms with Gasteiger partial charge in [-0.25, -0.2) is 0 Å². The smallest absolute Gasteiger partial charge is 0.265 e. The SMILES string of the molecule is Cc1cccc(NC(=O)CON=CC2=CCC3CC2C3(C)C)c1C. The number of nitrogens with one attached hydrogen (secondary N) is 1. The number of hydrogen-bond donors (Lipinski definition) is 1.